The van der Waals surface area contributed by atoms with Crippen LogP contribution < -0.4 is 14.9 Å². The Morgan fingerprint density at radius 2 is 1.83 bits per heavy atom. The summed E-state index contributed by atoms with van der Waals surface area (Å²) in [5, 5.41) is 4.05. The Bertz CT molecular complexity index is 658. The van der Waals surface area contributed by atoms with Gasteiger partial charge in [-0.15, -0.1) is 0 Å². The summed E-state index contributed by atoms with van der Waals surface area (Å²) in [4.78, 5) is 0. The number of alkyl halides is 3. The molecule has 2 aromatic rings. The smallest absolute Gasteiger partial charge is 0.422 e. The molecule has 0 unspecified atom stereocenters. The zero-order chi connectivity index (χ0) is 16.7. The highest BCUT2D eigenvalue weighted by Gasteiger charge is 2.28. The van der Waals surface area contributed by atoms with Crippen LogP contribution in [0.1, 0.15) is 5.56 Å². The molecule has 0 amide bonds. The van der Waals surface area contributed by atoms with Crippen LogP contribution >= 0.6 is 0 Å². The second-order valence-corrected chi connectivity index (χ2v) is 4.55. The monoisotopic (exact) mass is 324 g/mol. The number of methoxy groups -OCH3 is 1. The fraction of sp³-hybridized carbons (Fsp3) is 0.188. The van der Waals surface area contributed by atoms with E-state index in [-0.39, 0.29) is 11.5 Å². The molecule has 0 saturated carbocycles. The predicted molar refractivity (Wildman–Crippen MR) is 82.2 cm³/mol. The van der Waals surface area contributed by atoms with Crippen LogP contribution in [0.5, 0.6) is 11.5 Å². The number of nitrogens with one attached hydrogen (secondary N) is 1. The average molecular weight is 324 g/mol. The van der Waals surface area contributed by atoms with Gasteiger partial charge in [-0.05, 0) is 35.9 Å². The van der Waals surface area contributed by atoms with Crippen molar-refractivity contribution in [1.29, 1.82) is 0 Å². The number of rotatable bonds is 6. The molecule has 0 radical (unpaired) electrons. The van der Waals surface area contributed by atoms with Crippen molar-refractivity contribution in [1.82, 2.24) is 0 Å². The fourth-order valence-corrected chi connectivity index (χ4v) is 1.74. The van der Waals surface area contributed by atoms with Gasteiger partial charge in [0.15, 0.2) is 18.1 Å². The lowest BCUT2D eigenvalue weighted by Crippen LogP contribution is -2.19. The number of benzene rings is 2. The van der Waals surface area contributed by atoms with Crippen molar-refractivity contribution in [3.63, 3.8) is 0 Å². The van der Waals surface area contributed by atoms with Crippen LogP contribution in [0.3, 0.4) is 0 Å². The first-order chi connectivity index (χ1) is 11.0. The van der Waals surface area contributed by atoms with Gasteiger partial charge in [-0.1, -0.05) is 18.2 Å². The molecule has 0 aliphatic rings. The second kappa shape index (κ2) is 7.53. The van der Waals surface area contributed by atoms with E-state index in [2.05, 4.69) is 10.5 Å². The first kappa shape index (κ1) is 16.7. The lowest BCUT2D eigenvalue weighted by atomic mass is 10.2. The standard InChI is InChI=1S/C16H15F3N2O2/c1-22-15-9-12(7-8-14(15)23-11-16(17,18)19)10-20-21-13-5-3-2-4-6-13/h2-10,21H,11H2,1H3. The summed E-state index contributed by atoms with van der Waals surface area (Å²) >= 11 is 0. The van der Waals surface area contributed by atoms with Crippen molar-refractivity contribution in [2.24, 2.45) is 5.10 Å². The lowest BCUT2D eigenvalue weighted by Gasteiger charge is -2.12. The maximum absolute atomic E-state index is 12.2. The Morgan fingerprint density at radius 1 is 1.09 bits per heavy atom. The summed E-state index contributed by atoms with van der Waals surface area (Å²) in [6, 6.07) is 13.9. The summed E-state index contributed by atoms with van der Waals surface area (Å²) in [5.74, 6) is 0.232. The van der Waals surface area contributed by atoms with Gasteiger partial charge in [0, 0.05) is 0 Å². The van der Waals surface area contributed by atoms with Crippen LogP contribution in [-0.4, -0.2) is 26.1 Å². The van der Waals surface area contributed by atoms with Crippen LogP contribution in [0.4, 0.5) is 18.9 Å². The minimum absolute atomic E-state index is 0.0259. The van der Waals surface area contributed by atoms with Gasteiger partial charge in [-0.3, -0.25) is 5.43 Å². The third-order valence-corrected chi connectivity index (χ3v) is 2.76. The number of anilines is 1. The third-order valence-electron chi connectivity index (χ3n) is 2.76. The van der Waals surface area contributed by atoms with Crippen molar-refractivity contribution < 1.29 is 22.6 Å². The van der Waals surface area contributed by atoms with Crippen LogP contribution in [0.2, 0.25) is 0 Å². The second-order valence-electron chi connectivity index (χ2n) is 4.55. The van der Waals surface area contributed by atoms with Crippen molar-refractivity contribution in [2.45, 2.75) is 6.18 Å². The highest BCUT2D eigenvalue weighted by molar-refractivity contribution is 5.81. The van der Waals surface area contributed by atoms with Gasteiger partial charge in [0.2, 0.25) is 0 Å². The SMILES string of the molecule is COc1cc(C=NNc2ccccc2)ccc1OCC(F)(F)F. The van der Waals surface area contributed by atoms with Gasteiger partial charge < -0.3 is 9.47 Å². The van der Waals surface area contributed by atoms with E-state index in [0.717, 1.165) is 5.69 Å². The highest BCUT2D eigenvalue weighted by Crippen LogP contribution is 2.29. The van der Waals surface area contributed by atoms with Crippen molar-refractivity contribution in [3.05, 3.63) is 54.1 Å². The Kier molecular flexibility index (Phi) is 5.46. The number of hydrogen-bond donors (Lipinski definition) is 1. The van der Waals surface area contributed by atoms with Gasteiger partial charge >= 0.3 is 6.18 Å². The minimum Gasteiger partial charge on any atom is -0.493 e. The van der Waals surface area contributed by atoms with Gasteiger partial charge in [-0.25, -0.2) is 0 Å². The lowest BCUT2D eigenvalue weighted by molar-refractivity contribution is -0.153. The van der Waals surface area contributed by atoms with Crippen LogP contribution in [-0.2, 0) is 0 Å². The predicted octanol–water partition coefficient (Wildman–Crippen LogP) is 4.08. The quantitative estimate of drug-likeness (QED) is 0.643. The molecule has 0 fully saturated rings. The molecule has 0 atom stereocenters. The van der Waals surface area contributed by atoms with E-state index in [4.69, 9.17) is 9.47 Å². The van der Waals surface area contributed by atoms with E-state index < -0.39 is 12.8 Å². The van der Waals surface area contributed by atoms with Gasteiger partial charge in [0.05, 0.1) is 19.0 Å². The van der Waals surface area contributed by atoms with E-state index in [1.165, 1.54) is 19.4 Å². The normalized spacial score (nSPS) is 11.5. The molecule has 0 bridgehead atoms. The van der Waals surface area contributed by atoms with Crippen LogP contribution in [0, 0.1) is 0 Å². The third kappa shape index (κ3) is 5.54. The summed E-state index contributed by atoms with van der Waals surface area (Å²) in [6.45, 7) is -1.37. The molecule has 0 saturated heterocycles. The number of para-hydroxylation sites is 1. The summed E-state index contributed by atoms with van der Waals surface area (Å²) in [6.07, 6.45) is -2.87. The number of nitrogens with zero attached hydrogens (tertiary/aromatic N) is 1. The molecule has 1 N–H and O–H groups in total. The first-order valence-corrected chi connectivity index (χ1v) is 6.69. The number of halogens is 3. The van der Waals surface area contributed by atoms with E-state index in [1.54, 1.807) is 12.1 Å². The van der Waals surface area contributed by atoms with E-state index >= 15 is 0 Å². The van der Waals surface area contributed by atoms with Gasteiger partial charge in [0.1, 0.15) is 0 Å². The maximum atomic E-state index is 12.2. The molecular formula is C16H15F3N2O2. The van der Waals surface area contributed by atoms with Crippen molar-refractivity contribution in [3.8, 4) is 11.5 Å². The average Bonchev–Trinajstić information content (AvgIpc) is 2.53. The summed E-state index contributed by atoms with van der Waals surface area (Å²) in [5.41, 5.74) is 4.32. The number of ether oxygens (including phenoxy) is 2. The molecule has 23 heavy (non-hydrogen) atoms. The fourth-order valence-electron chi connectivity index (χ4n) is 1.74. The topological polar surface area (TPSA) is 42.8 Å². The number of hydrogen-bond acceptors (Lipinski definition) is 4. The van der Waals surface area contributed by atoms with E-state index in [1.807, 2.05) is 30.3 Å². The van der Waals surface area contributed by atoms with E-state index in [9.17, 15) is 13.2 Å². The molecule has 7 heteroatoms. The Labute approximate surface area is 131 Å². The maximum Gasteiger partial charge on any atom is 0.422 e. The Hall–Kier alpha value is -2.70. The molecular weight excluding hydrogens is 309 g/mol. The highest BCUT2D eigenvalue weighted by atomic mass is 19.4. The molecule has 2 rings (SSSR count). The van der Waals surface area contributed by atoms with E-state index in [0.29, 0.717) is 5.56 Å². The molecule has 122 valence electrons. The van der Waals surface area contributed by atoms with Crippen molar-refractivity contribution >= 4 is 11.9 Å². The summed E-state index contributed by atoms with van der Waals surface area (Å²) in [7, 11) is 1.36. The molecule has 4 nitrogen and oxygen atoms in total. The molecule has 0 aliphatic carbocycles. The Balaban J connectivity index is 2.03. The molecule has 0 spiro atoms. The first-order valence-electron chi connectivity index (χ1n) is 6.69. The minimum atomic E-state index is -4.40. The Morgan fingerprint density at radius 3 is 2.48 bits per heavy atom. The van der Waals surface area contributed by atoms with Crippen LogP contribution in [0.15, 0.2) is 53.6 Å². The summed E-state index contributed by atoms with van der Waals surface area (Å²) < 4.78 is 46.3. The van der Waals surface area contributed by atoms with Crippen LogP contribution in [0.25, 0.3) is 0 Å². The molecule has 0 aromatic heterocycles. The molecule has 2 aromatic carbocycles. The number of hydrazone groups is 1. The largest absolute Gasteiger partial charge is 0.493 e. The van der Waals surface area contributed by atoms with Crippen molar-refractivity contribution in [2.75, 3.05) is 19.1 Å². The van der Waals surface area contributed by atoms with Gasteiger partial charge in [-0.2, -0.15) is 18.3 Å². The molecule has 0 aliphatic heterocycles. The zero-order valence-corrected chi connectivity index (χ0v) is 12.3. The van der Waals surface area contributed by atoms with Gasteiger partial charge in [0.25, 0.3) is 0 Å². The molecule has 0 heterocycles. The zero-order valence-electron chi connectivity index (χ0n) is 12.3.